The Morgan fingerprint density at radius 3 is 2.08 bits per heavy atom. The van der Waals surface area contributed by atoms with Gasteiger partial charge in [-0.3, -0.25) is 28.5 Å². The minimum atomic E-state index is -1.86. The summed E-state index contributed by atoms with van der Waals surface area (Å²) in [5, 5.41) is -0.0280. The van der Waals surface area contributed by atoms with Crippen molar-refractivity contribution in [3.05, 3.63) is 170 Å². The highest BCUT2D eigenvalue weighted by Gasteiger charge is 2.62. The zero-order chi connectivity index (χ0) is 36.5. The highest BCUT2D eigenvalue weighted by atomic mass is 19.2. The van der Waals surface area contributed by atoms with Crippen molar-refractivity contribution in [2.45, 2.75) is 24.2 Å². The van der Waals surface area contributed by atoms with Crippen molar-refractivity contribution in [3.8, 4) is 5.69 Å². The van der Waals surface area contributed by atoms with Crippen LogP contribution in [0.5, 0.6) is 0 Å². The number of aromatic nitrogens is 2. The Kier molecular flexibility index (Phi) is 6.35. The van der Waals surface area contributed by atoms with Crippen LogP contribution in [0.4, 0.5) is 18.9 Å². The molecule has 5 aromatic rings. The molecule has 1 saturated carbocycles. The number of anilines is 1. The molecule has 0 radical (unpaired) electrons. The number of Topliss-reactive ketones (excluding diaryl/α,β-unsaturated/α-hetero) is 2. The quantitative estimate of drug-likeness (QED) is 0.0836. The topological polar surface area (TPSA) is 106 Å². The lowest BCUT2D eigenvalue weighted by molar-refractivity contribution is 0.0881. The van der Waals surface area contributed by atoms with Gasteiger partial charge in [-0.05, 0) is 66.8 Å². The Labute approximate surface area is 298 Å². The van der Waals surface area contributed by atoms with Crippen molar-refractivity contribution in [2.75, 3.05) is 4.90 Å². The van der Waals surface area contributed by atoms with Crippen LogP contribution < -0.4 is 10.5 Å². The summed E-state index contributed by atoms with van der Waals surface area (Å²) in [6, 6.07) is 17.1. The fourth-order valence-electron chi connectivity index (χ4n) is 8.87. The number of para-hydroxylation sites is 2. The van der Waals surface area contributed by atoms with Crippen LogP contribution >= 0.6 is 0 Å². The lowest BCUT2D eigenvalue weighted by Crippen LogP contribution is -2.32. The van der Waals surface area contributed by atoms with Crippen LogP contribution in [-0.4, -0.2) is 32.9 Å². The predicted molar refractivity (Wildman–Crippen MR) is 187 cm³/mol. The Hall–Kier alpha value is -6.49. The number of carbonyl (C=O) groups is 4. The molecule has 11 heteroatoms. The normalized spacial score (nSPS) is 21.6. The summed E-state index contributed by atoms with van der Waals surface area (Å²) in [5.74, 6) is -10.00. The number of amides is 2. The number of allylic oxidation sites excluding steroid dienone is 6. The molecule has 1 aromatic heterocycles. The fraction of sp³-hybridized carbons (Fsp3) is 0.143. The molecule has 1 fully saturated rings. The number of rotatable bonds is 5. The monoisotopic (exact) mass is 707 g/mol. The Morgan fingerprint density at radius 2 is 1.38 bits per heavy atom. The summed E-state index contributed by atoms with van der Waals surface area (Å²) in [6.07, 6.45) is 12.3. The van der Waals surface area contributed by atoms with Gasteiger partial charge in [0.1, 0.15) is 11.7 Å². The molecular weight excluding hydrogens is 683 g/mol. The first-order valence-corrected chi connectivity index (χ1v) is 17.1. The molecule has 10 rings (SSSR count). The molecule has 4 aromatic carbocycles. The van der Waals surface area contributed by atoms with E-state index in [1.807, 2.05) is 24.3 Å². The van der Waals surface area contributed by atoms with Gasteiger partial charge in [0.25, 0.3) is 17.4 Å². The average molecular weight is 708 g/mol. The van der Waals surface area contributed by atoms with Gasteiger partial charge in [-0.15, -0.1) is 0 Å². The molecule has 2 unspecified atom stereocenters. The van der Waals surface area contributed by atoms with Crippen molar-refractivity contribution in [2.24, 2.45) is 11.8 Å². The van der Waals surface area contributed by atoms with E-state index in [9.17, 15) is 32.8 Å². The number of hydrogen-bond donors (Lipinski definition) is 0. The van der Waals surface area contributed by atoms with Gasteiger partial charge in [0.15, 0.2) is 29.0 Å². The summed E-state index contributed by atoms with van der Waals surface area (Å²) in [7, 11) is 0. The molecule has 1 aliphatic heterocycles. The molecule has 2 atom stereocenters. The molecule has 258 valence electrons. The SMILES string of the molecule is O=C1c2cc3c(cc2C(=O)C1c1nc2ccccc2c(=O)n1-c1ccc(F)c(F)c1F)C(=O)N(c1ccccc1C12CC1CC=C2C1C=CC=C1)C3=O. The van der Waals surface area contributed by atoms with E-state index in [4.69, 9.17) is 0 Å². The molecule has 0 N–H and O–H groups in total. The van der Waals surface area contributed by atoms with Crippen molar-refractivity contribution in [3.63, 3.8) is 0 Å². The second-order valence-corrected chi connectivity index (χ2v) is 14.0. The maximum absolute atomic E-state index is 15.3. The van der Waals surface area contributed by atoms with E-state index in [0.717, 1.165) is 29.4 Å². The maximum atomic E-state index is 15.3. The van der Waals surface area contributed by atoms with Crippen LogP contribution in [0.1, 0.15) is 71.6 Å². The van der Waals surface area contributed by atoms with Crippen LogP contribution in [-0.2, 0) is 5.41 Å². The van der Waals surface area contributed by atoms with E-state index in [1.165, 1.54) is 35.9 Å². The largest absolute Gasteiger partial charge is 0.293 e. The standard InChI is InChI=1S/C42H24F3N3O5/c43-29-15-16-32(35(45)34(29)44)47-38(46-30-11-5-3-9-22(30)39(47)51)33-36(49)23-17-25-26(18-24(23)37(33)50)41(53)48(40(25)52)31-12-6-4-10-28(31)42-19-21(42)13-14-27(42)20-7-1-2-8-20/h1-12,14-18,20-21,33H,13,19H2. The summed E-state index contributed by atoms with van der Waals surface area (Å²) in [4.78, 5) is 76.1. The molecular formula is C42H24F3N3O5. The lowest BCUT2D eigenvalue weighted by atomic mass is 9.81. The highest BCUT2D eigenvalue weighted by Crippen LogP contribution is 2.68. The van der Waals surface area contributed by atoms with Crippen molar-refractivity contribution < 1.29 is 32.3 Å². The summed E-state index contributed by atoms with van der Waals surface area (Å²) in [5.41, 5.74) is 0.0914. The molecule has 8 nitrogen and oxygen atoms in total. The fourth-order valence-corrected chi connectivity index (χ4v) is 8.87. The third-order valence-corrected chi connectivity index (χ3v) is 11.4. The maximum Gasteiger partial charge on any atom is 0.266 e. The van der Waals surface area contributed by atoms with Gasteiger partial charge in [0, 0.05) is 22.5 Å². The van der Waals surface area contributed by atoms with E-state index in [-0.39, 0.29) is 44.5 Å². The van der Waals surface area contributed by atoms with E-state index in [1.54, 1.807) is 18.2 Å². The predicted octanol–water partition coefficient (Wildman–Crippen LogP) is 7.10. The van der Waals surface area contributed by atoms with Gasteiger partial charge in [0.2, 0.25) is 0 Å². The van der Waals surface area contributed by atoms with E-state index in [0.29, 0.717) is 22.2 Å². The molecule has 0 bridgehead atoms. The lowest BCUT2D eigenvalue weighted by Gasteiger charge is -2.27. The van der Waals surface area contributed by atoms with Gasteiger partial charge in [-0.25, -0.2) is 23.1 Å². The number of carbonyl (C=O) groups excluding carboxylic acids is 4. The van der Waals surface area contributed by atoms with Gasteiger partial charge >= 0.3 is 0 Å². The number of halogens is 3. The number of ketones is 2. The number of imide groups is 1. The zero-order valence-corrected chi connectivity index (χ0v) is 27.5. The first kappa shape index (κ1) is 31.3. The Bertz CT molecular complexity index is 2700. The first-order valence-electron chi connectivity index (χ1n) is 17.1. The second-order valence-electron chi connectivity index (χ2n) is 14.0. The minimum absolute atomic E-state index is 0.0280. The van der Waals surface area contributed by atoms with Gasteiger partial charge in [-0.2, -0.15) is 0 Å². The van der Waals surface area contributed by atoms with Crippen LogP contribution in [0.3, 0.4) is 0 Å². The summed E-state index contributed by atoms with van der Waals surface area (Å²) >= 11 is 0. The van der Waals surface area contributed by atoms with E-state index in [2.05, 4.69) is 23.2 Å². The number of hydrogen-bond acceptors (Lipinski definition) is 6. The van der Waals surface area contributed by atoms with Crippen LogP contribution in [0.2, 0.25) is 0 Å². The average Bonchev–Trinajstić information content (AvgIpc) is 3.48. The molecule has 5 aliphatic rings. The third-order valence-electron chi connectivity index (χ3n) is 11.4. The Balaban J connectivity index is 1.07. The summed E-state index contributed by atoms with van der Waals surface area (Å²) in [6.45, 7) is 0. The smallest absolute Gasteiger partial charge is 0.266 e. The molecule has 53 heavy (non-hydrogen) atoms. The molecule has 2 amide bonds. The molecule has 4 aliphatic carbocycles. The van der Waals surface area contributed by atoms with Gasteiger partial charge in [-0.1, -0.05) is 66.3 Å². The number of benzene rings is 4. The first-order chi connectivity index (χ1) is 25.6. The molecule has 0 saturated heterocycles. The van der Waals surface area contributed by atoms with Crippen molar-refractivity contribution >= 4 is 40.0 Å². The van der Waals surface area contributed by atoms with Crippen LogP contribution in [0.15, 0.2) is 114 Å². The number of nitrogens with zero attached hydrogens (tertiary/aromatic N) is 3. The van der Waals surface area contributed by atoms with E-state index < -0.39 is 63.8 Å². The van der Waals surface area contributed by atoms with E-state index >= 15 is 4.39 Å². The minimum Gasteiger partial charge on any atom is -0.293 e. The molecule has 0 spiro atoms. The summed E-state index contributed by atoms with van der Waals surface area (Å²) < 4.78 is 44.3. The van der Waals surface area contributed by atoms with Crippen LogP contribution in [0.25, 0.3) is 16.6 Å². The van der Waals surface area contributed by atoms with Crippen molar-refractivity contribution in [1.29, 1.82) is 0 Å². The molecule has 2 heterocycles. The zero-order valence-electron chi connectivity index (χ0n) is 27.5. The highest BCUT2D eigenvalue weighted by molar-refractivity contribution is 6.37. The Morgan fingerprint density at radius 1 is 0.717 bits per heavy atom. The van der Waals surface area contributed by atoms with Crippen LogP contribution in [0, 0.1) is 29.3 Å². The second kappa shape index (κ2) is 10.8. The van der Waals surface area contributed by atoms with Gasteiger partial charge < -0.3 is 0 Å². The third kappa shape index (κ3) is 4.07. The van der Waals surface area contributed by atoms with Crippen molar-refractivity contribution in [1.82, 2.24) is 9.55 Å². The van der Waals surface area contributed by atoms with Gasteiger partial charge in [0.05, 0.1) is 33.4 Å². The number of fused-ring (bicyclic) bond motifs is 4.